The van der Waals surface area contributed by atoms with Crippen LogP contribution in [0.5, 0.6) is 0 Å². The number of thioether (sulfide) groups is 2. The van der Waals surface area contributed by atoms with Crippen LogP contribution in [0.4, 0.5) is 0 Å². The number of carbonyl (C=O) groups is 19. The Morgan fingerprint density at radius 2 is 0.585 bits per heavy atom. The number of hydrogen-bond donors (Lipinski definition) is 20. The Labute approximate surface area is 685 Å². The van der Waals surface area contributed by atoms with Gasteiger partial charge in [0.05, 0.1) is 85.7 Å². The van der Waals surface area contributed by atoms with Crippen LogP contribution >= 0.6 is 23.5 Å². The standard InChI is InChI=1S/2C20H30N4O12.C15H16N2O5S2.C5H12N2O5S2.C5H10OS2/c2*1-8(2)16(19(34)23-12(20(35)36)7-15(30)31)24-17(32)10(4-5-13(26)27)22-18(33)11(6-14(28)29)21-9(3)25;18-13(11-16-23(19,20)14-7-3-1-4-8-14)12-17-24(21,22)15-9-5-2-6-10-15;1-13(9,10)6-3-5(8)4-7-14(2,11)12;1-7-3-5(6)4-8-2/h2*8,10-12,16H,4-7H2,1-3H3,(H,21,25)(H,22,33)(H,23,34)(H,24,32)(H,26,27)(H,28,29)(H,30,31)(H,35,36);1-10,16-17H,11-12H2;6-7H,3-4H2,1-2H3;3-4H2,1-2H3/t2*10-,11-,12-,16-;;;/m00.../s1. The number of rotatable bonds is 50. The van der Waals surface area contributed by atoms with Gasteiger partial charge in [-0.3, -0.25) is 81.5 Å². The van der Waals surface area contributed by atoms with E-state index in [0.29, 0.717) is 17.3 Å². The lowest BCUT2D eigenvalue weighted by atomic mass is 10.0. The highest BCUT2D eigenvalue weighted by atomic mass is 32.2. The van der Waals surface area contributed by atoms with Crippen molar-refractivity contribution in [3.63, 3.8) is 0 Å². The molecule has 0 heterocycles. The number of carboxylic acids is 8. The summed E-state index contributed by atoms with van der Waals surface area (Å²) < 4.78 is 98.1. The van der Waals surface area contributed by atoms with Gasteiger partial charge < -0.3 is 83.4 Å². The minimum Gasteiger partial charge on any atom is -0.481 e. The van der Waals surface area contributed by atoms with Gasteiger partial charge in [0.2, 0.25) is 87.4 Å². The highest BCUT2D eigenvalue weighted by molar-refractivity contribution is 8.00. The van der Waals surface area contributed by atoms with E-state index in [1.807, 2.05) is 32.6 Å². The first-order chi connectivity index (χ1) is 54.3. The fourth-order valence-corrected chi connectivity index (χ4v) is 12.2. The number of sulfonamides is 4. The summed E-state index contributed by atoms with van der Waals surface area (Å²) in [5, 5.41) is 88.7. The summed E-state index contributed by atoms with van der Waals surface area (Å²) in [6.45, 7) is 6.11. The third-order valence-corrected chi connectivity index (χ3v) is 19.3. The highest BCUT2D eigenvalue weighted by Gasteiger charge is 2.37. The third-order valence-electron chi connectivity index (χ3n) is 13.9. The van der Waals surface area contributed by atoms with Gasteiger partial charge in [-0.25, -0.2) is 62.1 Å². The van der Waals surface area contributed by atoms with Gasteiger partial charge in [0, 0.05) is 26.7 Å². The number of nitrogens with one attached hydrogen (secondary N) is 12. The summed E-state index contributed by atoms with van der Waals surface area (Å²) in [5.74, 6) is -20.5. The van der Waals surface area contributed by atoms with Crippen molar-refractivity contribution in [3.05, 3.63) is 60.7 Å². The number of amides is 8. The first-order valence-electron chi connectivity index (χ1n) is 34.0. The highest BCUT2D eigenvalue weighted by Crippen LogP contribution is 2.12. The zero-order chi connectivity index (χ0) is 91.8. The van der Waals surface area contributed by atoms with Gasteiger partial charge >= 0.3 is 47.8 Å². The lowest BCUT2D eigenvalue weighted by Crippen LogP contribution is -2.59. The van der Waals surface area contributed by atoms with Crippen LogP contribution in [0, 0.1) is 11.8 Å². The third kappa shape index (κ3) is 54.3. The van der Waals surface area contributed by atoms with Crippen molar-refractivity contribution in [3.8, 4) is 0 Å². The van der Waals surface area contributed by atoms with Crippen LogP contribution in [0.1, 0.15) is 92.9 Å². The van der Waals surface area contributed by atoms with Gasteiger partial charge in [0.15, 0.2) is 17.3 Å². The minimum atomic E-state index is -3.81. The molecule has 664 valence electrons. The summed E-state index contributed by atoms with van der Waals surface area (Å²) in [4.78, 5) is 220. The molecule has 20 N–H and O–H groups in total. The lowest BCUT2D eigenvalue weighted by molar-refractivity contribution is -0.147. The van der Waals surface area contributed by atoms with Gasteiger partial charge in [0.1, 0.15) is 48.3 Å². The average molecular weight is 1800 g/mol. The van der Waals surface area contributed by atoms with E-state index in [1.54, 1.807) is 59.9 Å². The molecule has 0 fully saturated rings. The topological polar surface area (TPSA) is 767 Å². The molecule has 0 saturated heterocycles. The van der Waals surface area contributed by atoms with Crippen molar-refractivity contribution in [2.24, 2.45) is 11.8 Å². The molecule has 2 aromatic carbocycles. The molecule has 8 amide bonds. The first-order valence-corrected chi connectivity index (χ1v) is 43.5. The number of Topliss-reactive ketones (excluding diaryl/α,β-unsaturated/α-hetero) is 3. The largest absolute Gasteiger partial charge is 0.481 e. The minimum absolute atomic E-state index is 0.0302. The summed E-state index contributed by atoms with van der Waals surface area (Å²) in [6.07, 6.45) is -0.0279. The van der Waals surface area contributed by atoms with E-state index in [-0.39, 0.29) is 9.79 Å². The number of carbonyl (C=O) groups excluding carboxylic acids is 11. The predicted octanol–water partition coefficient (Wildman–Crippen LogP) is -5.55. The zero-order valence-electron chi connectivity index (χ0n) is 65.0. The van der Waals surface area contributed by atoms with Crippen LogP contribution in [0.2, 0.25) is 0 Å². The maximum absolute atomic E-state index is 12.9. The molecule has 118 heavy (non-hydrogen) atoms. The van der Waals surface area contributed by atoms with Crippen LogP contribution in [0.3, 0.4) is 0 Å². The van der Waals surface area contributed by atoms with Gasteiger partial charge in [0.25, 0.3) is 0 Å². The van der Waals surface area contributed by atoms with E-state index < -0.39 is 284 Å². The molecule has 2 rings (SSSR count). The molecule has 0 radical (unpaired) electrons. The molecule has 8 atom stereocenters. The van der Waals surface area contributed by atoms with Gasteiger partial charge in [-0.1, -0.05) is 64.1 Å². The fraction of sp³-hybridized carbons (Fsp3) is 0.523. The molecule has 0 unspecified atom stereocenters. The molecule has 0 aliphatic heterocycles. The van der Waals surface area contributed by atoms with Crippen molar-refractivity contribution < 1.29 is 166 Å². The van der Waals surface area contributed by atoms with E-state index in [0.717, 1.165) is 26.4 Å². The predicted molar refractivity (Wildman–Crippen MR) is 415 cm³/mol. The summed E-state index contributed by atoms with van der Waals surface area (Å²) in [6, 6.07) is 2.39. The molecule has 0 saturated carbocycles. The molecule has 0 spiro atoms. The molecule has 53 heteroatoms. The Morgan fingerprint density at radius 3 is 0.814 bits per heavy atom. The Morgan fingerprint density at radius 1 is 0.331 bits per heavy atom. The molecule has 0 bridgehead atoms. The fourth-order valence-electron chi connectivity index (χ4n) is 8.36. The van der Waals surface area contributed by atoms with Crippen LogP contribution in [0.15, 0.2) is 70.5 Å². The normalized spacial score (nSPS) is 13.1. The van der Waals surface area contributed by atoms with E-state index in [1.165, 1.54) is 52.0 Å². The summed E-state index contributed by atoms with van der Waals surface area (Å²) >= 11 is 3.17. The Kier molecular flexibility index (Phi) is 53.5. The molecule has 0 aromatic heterocycles. The Bertz CT molecular complexity index is 4000. The van der Waals surface area contributed by atoms with Crippen molar-refractivity contribution in [1.82, 2.24) is 61.4 Å². The van der Waals surface area contributed by atoms with Crippen molar-refractivity contribution in [2.45, 2.75) is 151 Å². The Hall–Kier alpha value is -10.7. The Balaban J connectivity index is -0.00000150. The summed E-state index contributed by atoms with van der Waals surface area (Å²) in [5.41, 5.74) is 0. The van der Waals surface area contributed by atoms with E-state index in [2.05, 4.69) is 41.3 Å². The number of hydrogen-bond acceptors (Lipinski definition) is 29. The number of ketones is 3. The van der Waals surface area contributed by atoms with Gasteiger partial charge in [-0.15, -0.1) is 0 Å². The first kappa shape index (κ1) is 111. The van der Waals surface area contributed by atoms with E-state index in [4.69, 9.17) is 40.9 Å². The maximum Gasteiger partial charge on any atom is 0.326 e. The van der Waals surface area contributed by atoms with Crippen LogP contribution in [-0.4, -0.2) is 298 Å². The number of benzene rings is 2. The maximum atomic E-state index is 12.9. The van der Waals surface area contributed by atoms with Crippen LogP contribution < -0.4 is 61.4 Å². The molecular weight excluding hydrogens is 1700 g/mol. The second-order valence-corrected chi connectivity index (χ2v) is 34.0. The van der Waals surface area contributed by atoms with Gasteiger partial charge in [-0.2, -0.15) is 23.5 Å². The van der Waals surface area contributed by atoms with Crippen LogP contribution in [-0.2, 0) is 131 Å². The van der Waals surface area contributed by atoms with Crippen molar-refractivity contribution in [2.75, 3.05) is 62.7 Å². The monoisotopic (exact) mass is 1800 g/mol. The summed E-state index contributed by atoms with van der Waals surface area (Å²) in [7, 11) is -14.5. The molecule has 0 aliphatic rings. The number of aliphatic carboxylic acids is 8. The molecular formula is C65H98N12O35S6. The second kappa shape index (κ2) is 56.6. The SMILES string of the molecule is CC(=O)N[C@@H](CC(=O)O)C(=O)N[C@@H](CCC(=O)O)C(=O)N[C@H](C(=O)N[C@@H](CC(=O)O)C(=O)O)C(C)C.CC(=O)N[C@@H](CC(=O)O)C(=O)N[C@@H](CCC(=O)O)C(=O)N[C@H](C(=O)N[C@@H](CC(=O)O)C(=O)O)C(C)C.CS(=O)(=O)NCC(=O)CNS(C)(=O)=O.CSCC(=O)CSC.O=C(CNS(=O)(=O)c1ccccc1)CNS(=O)(=O)c1ccccc1. The molecule has 47 nitrogen and oxygen atoms in total. The molecule has 0 aliphatic carbocycles. The van der Waals surface area contributed by atoms with Gasteiger partial charge in [-0.05, 0) is 61.5 Å². The smallest absolute Gasteiger partial charge is 0.326 e. The lowest BCUT2D eigenvalue weighted by Gasteiger charge is -2.27. The second-order valence-electron chi connectivity index (χ2n) is 25.1. The van der Waals surface area contributed by atoms with Crippen molar-refractivity contribution >= 4 is 176 Å². The average Bonchev–Trinajstić information content (AvgIpc) is 0.877. The molecule has 2 aromatic rings. The zero-order valence-corrected chi connectivity index (χ0v) is 69.9. The van der Waals surface area contributed by atoms with Crippen molar-refractivity contribution in [1.29, 1.82) is 0 Å². The number of carboxylic acid groups (broad SMARTS) is 8. The van der Waals surface area contributed by atoms with E-state index >= 15 is 0 Å². The van der Waals surface area contributed by atoms with E-state index in [9.17, 15) is 125 Å². The van der Waals surface area contributed by atoms with Crippen LogP contribution in [0.25, 0.3) is 0 Å². The quantitative estimate of drug-likeness (QED) is 0.0294.